The van der Waals surface area contributed by atoms with Gasteiger partial charge in [0.1, 0.15) is 11.7 Å². The van der Waals surface area contributed by atoms with Crippen molar-refractivity contribution in [2.45, 2.75) is 133 Å². The molecule has 5 heteroatoms. The van der Waals surface area contributed by atoms with E-state index in [4.69, 9.17) is 16.2 Å². The Labute approximate surface area is 207 Å². The highest BCUT2D eigenvalue weighted by Gasteiger charge is 2.70. The molecule has 9 atom stereocenters. The zero-order valence-electron chi connectivity index (χ0n) is 21.9. The van der Waals surface area contributed by atoms with Gasteiger partial charge in [-0.2, -0.15) is 0 Å². The second-order valence-electron chi connectivity index (χ2n) is 14.6. The molecule has 5 nitrogen and oxygen atoms in total. The Hall–Kier alpha value is -0.200. The Bertz CT molecular complexity index is 748. The highest BCUT2D eigenvalue weighted by atomic mass is 16.5. The van der Waals surface area contributed by atoms with E-state index in [9.17, 15) is 5.11 Å². The largest absolute Gasteiger partial charge is 0.396 e. The predicted octanol–water partition coefficient (Wildman–Crippen LogP) is 2.71. The first-order valence-electron chi connectivity index (χ1n) is 15.0. The summed E-state index contributed by atoms with van der Waals surface area (Å²) >= 11 is 0. The molecule has 4 aliphatic carbocycles. The molecule has 0 amide bonds. The summed E-state index contributed by atoms with van der Waals surface area (Å²) in [5, 5.41) is 12.5. The standard InChI is InChI=1S/C29H51N3O2/c1-26-8-4-5-22-16-29(34-26,19-28(31,11-12-33)25(22)26)23-14-21(13-20-6-7-24(30)32-18-20)15-27(17-23)9-2-3-10-27/h20-25,32-33H,2-19,30-31H2,1H3/p+2. The smallest absolute Gasteiger partial charge is 0.137 e. The van der Waals surface area contributed by atoms with Crippen molar-refractivity contribution in [3.05, 3.63) is 0 Å². The molecular weight excluding hydrogens is 422 g/mol. The number of ether oxygens (including phenoxy) is 1. The second-order valence-corrected chi connectivity index (χ2v) is 14.6. The maximum atomic E-state index is 10.1. The van der Waals surface area contributed by atoms with Gasteiger partial charge in [0, 0.05) is 37.7 Å². The van der Waals surface area contributed by atoms with Crippen molar-refractivity contribution in [2.24, 2.45) is 40.7 Å². The van der Waals surface area contributed by atoms with Crippen LogP contribution in [0, 0.1) is 35.0 Å². The maximum Gasteiger partial charge on any atom is 0.137 e. The summed E-state index contributed by atoms with van der Waals surface area (Å²) in [7, 11) is 0. The number of piperidine rings is 1. The molecule has 9 unspecified atom stereocenters. The van der Waals surface area contributed by atoms with E-state index in [-0.39, 0.29) is 23.3 Å². The summed E-state index contributed by atoms with van der Waals surface area (Å²) in [6.45, 7) is 3.94. The monoisotopic (exact) mass is 475 g/mol. The van der Waals surface area contributed by atoms with Gasteiger partial charge in [-0.15, -0.1) is 0 Å². The van der Waals surface area contributed by atoms with Crippen molar-refractivity contribution in [3.8, 4) is 0 Å². The van der Waals surface area contributed by atoms with Gasteiger partial charge < -0.3 is 20.9 Å². The Balaban J connectivity index is 1.29. The lowest BCUT2D eigenvalue weighted by molar-refractivity contribution is -0.703. The minimum atomic E-state index is -0.0272. The van der Waals surface area contributed by atoms with Crippen LogP contribution < -0.4 is 16.8 Å². The van der Waals surface area contributed by atoms with E-state index >= 15 is 0 Å². The Morgan fingerprint density at radius 2 is 1.85 bits per heavy atom. The first-order valence-corrected chi connectivity index (χ1v) is 15.0. The average molecular weight is 476 g/mol. The molecule has 0 aromatic rings. The lowest BCUT2D eigenvalue weighted by Gasteiger charge is -2.69. The fraction of sp³-hybridized carbons (Fsp3) is 1.00. The summed E-state index contributed by atoms with van der Waals surface area (Å²) in [6.07, 6.45) is 21.3. The number of nitrogens with two attached hydrogens (primary N) is 2. The van der Waals surface area contributed by atoms with Crippen LogP contribution in [0.1, 0.15) is 110 Å². The van der Waals surface area contributed by atoms with Crippen LogP contribution in [-0.4, -0.2) is 41.2 Å². The first kappa shape index (κ1) is 24.2. The number of hydrogen-bond donors (Lipinski definition) is 4. The second kappa shape index (κ2) is 8.68. The molecule has 0 aromatic carbocycles. The lowest BCUT2D eigenvalue weighted by atomic mass is 9.45. The molecule has 0 aromatic heterocycles. The van der Waals surface area contributed by atoms with E-state index in [1.165, 1.54) is 96.4 Å². The van der Waals surface area contributed by atoms with Gasteiger partial charge in [0.2, 0.25) is 0 Å². The van der Waals surface area contributed by atoms with Crippen LogP contribution in [0.25, 0.3) is 0 Å². The molecule has 8 N–H and O–H groups in total. The van der Waals surface area contributed by atoms with Crippen molar-refractivity contribution in [3.63, 3.8) is 0 Å². The van der Waals surface area contributed by atoms with Crippen molar-refractivity contribution < 1.29 is 20.9 Å². The van der Waals surface area contributed by atoms with E-state index in [1.807, 2.05) is 0 Å². The van der Waals surface area contributed by atoms with Crippen LogP contribution in [0.4, 0.5) is 0 Å². The lowest BCUT2D eigenvalue weighted by Crippen LogP contribution is -2.95. The number of quaternary nitrogens is 2. The molecule has 3 saturated heterocycles. The van der Waals surface area contributed by atoms with Gasteiger partial charge in [0.05, 0.1) is 17.7 Å². The Kier molecular flexibility index (Phi) is 6.17. The minimum absolute atomic E-state index is 0.000804. The third-order valence-corrected chi connectivity index (χ3v) is 12.1. The predicted molar refractivity (Wildman–Crippen MR) is 133 cm³/mol. The third kappa shape index (κ3) is 4.00. The quantitative estimate of drug-likeness (QED) is 0.492. The van der Waals surface area contributed by atoms with E-state index in [0.717, 1.165) is 30.6 Å². The topological polar surface area (TPSA) is 99.7 Å². The Morgan fingerprint density at radius 1 is 1.03 bits per heavy atom. The van der Waals surface area contributed by atoms with Gasteiger partial charge >= 0.3 is 0 Å². The van der Waals surface area contributed by atoms with Crippen LogP contribution in [-0.2, 0) is 4.74 Å². The molecule has 0 radical (unpaired) electrons. The fourth-order valence-corrected chi connectivity index (χ4v) is 11.3. The van der Waals surface area contributed by atoms with Crippen molar-refractivity contribution in [2.75, 3.05) is 13.2 Å². The molecule has 7 aliphatic rings. The highest BCUT2D eigenvalue weighted by molar-refractivity contribution is 5.18. The summed E-state index contributed by atoms with van der Waals surface area (Å²) in [5.74, 6) is 3.66. The summed E-state index contributed by atoms with van der Waals surface area (Å²) < 4.78 is 7.42. The van der Waals surface area contributed by atoms with E-state index in [1.54, 1.807) is 0 Å². The van der Waals surface area contributed by atoms with Crippen LogP contribution in [0.15, 0.2) is 0 Å². The van der Waals surface area contributed by atoms with Gasteiger partial charge in [0.15, 0.2) is 0 Å². The van der Waals surface area contributed by atoms with Crippen molar-refractivity contribution in [1.82, 2.24) is 0 Å². The molecule has 34 heavy (non-hydrogen) atoms. The van der Waals surface area contributed by atoms with E-state index in [2.05, 4.69) is 12.2 Å². The number of aliphatic hydroxyl groups is 1. The van der Waals surface area contributed by atoms with Gasteiger partial charge in [-0.1, -0.05) is 19.3 Å². The van der Waals surface area contributed by atoms with Gasteiger partial charge in [0.25, 0.3) is 0 Å². The fourth-order valence-electron chi connectivity index (χ4n) is 11.3. The van der Waals surface area contributed by atoms with Gasteiger partial charge in [-0.25, -0.2) is 0 Å². The average Bonchev–Trinajstić information content (AvgIpc) is 3.21. The summed E-state index contributed by atoms with van der Waals surface area (Å²) in [4.78, 5) is 0. The minimum Gasteiger partial charge on any atom is -0.396 e. The SMILES string of the molecule is CC12CCCC3CC(C4CC(CC5CCC(N)[NH2+]C5)CC5(CCCC5)C4)(CC([NH3+])(CCO)C31)O2. The molecule has 7 rings (SSSR count). The number of hydrogen-bond acceptors (Lipinski definition) is 3. The molecule has 3 heterocycles. The molecule has 4 saturated carbocycles. The van der Waals surface area contributed by atoms with Crippen molar-refractivity contribution in [1.29, 1.82) is 0 Å². The summed E-state index contributed by atoms with van der Waals surface area (Å²) in [5.41, 5.74) is 11.7. The zero-order valence-corrected chi connectivity index (χ0v) is 21.9. The van der Waals surface area contributed by atoms with E-state index in [0.29, 0.717) is 23.4 Å². The maximum absolute atomic E-state index is 10.1. The normalized spacial score (nSPS) is 52.2. The summed E-state index contributed by atoms with van der Waals surface area (Å²) in [6, 6.07) is 0. The molecule has 7 fully saturated rings. The third-order valence-electron chi connectivity index (χ3n) is 12.1. The highest BCUT2D eigenvalue weighted by Crippen LogP contribution is 2.66. The van der Waals surface area contributed by atoms with E-state index < -0.39 is 0 Å². The Morgan fingerprint density at radius 3 is 2.56 bits per heavy atom. The first-order chi connectivity index (χ1) is 16.3. The molecule has 1 spiro atoms. The molecule has 3 aliphatic heterocycles. The van der Waals surface area contributed by atoms with Gasteiger partial charge in [-0.3, -0.25) is 5.73 Å². The van der Waals surface area contributed by atoms with Crippen LogP contribution in [0.2, 0.25) is 0 Å². The van der Waals surface area contributed by atoms with Crippen LogP contribution in [0.3, 0.4) is 0 Å². The van der Waals surface area contributed by atoms with Gasteiger partial charge in [-0.05, 0) is 94.3 Å². The molecule has 4 bridgehead atoms. The number of fused-ring (bicyclic) bond motifs is 1. The van der Waals surface area contributed by atoms with Crippen LogP contribution >= 0.6 is 0 Å². The zero-order chi connectivity index (χ0) is 23.6. The van der Waals surface area contributed by atoms with Crippen molar-refractivity contribution >= 4 is 0 Å². The molecule has 194 valence electrons. The number of rotatable bonds is 5. The molecular formula is C29H53N3O2+2. The number of aliphatic hydroxyl groups excluding tert-OH is 1. The van der Waals surface area contributed by atoms with Crippen LogP contribution in [0.5, 0.6) is 0 Å².